The molecule has 0 radical (unpaired) electrons. The number of hydrogen-bond donors (Lipinski definition) is 0. The lowest BCUT2D eigenvalue weighted by atomic mass is 10.0. The van der Waals surface area contributed by atoms with Crippen LogP contribution in [-0.4, -0.2) is 36.0 Å². The molecule has 1 aliphatic heterocycles. The van der Waals surface area contributed by atoms with Gasteiger partial charge in [0.25, 0.3) is 0 Å². The maximum atomic E-state index is 12.5. The topological polar surface area (TPSA) is 76.3 Å². The molecule has 0 bridgehead atoms. The molecule has 6 nitrogen and oxygen atoms in total. The van der Waals surface area contributed by atoms with E-state index in [1.165, 1.54) is 9.71 Å². The van der Waals surface area contributed by atoms with Gasteiger partial charge < -0.3 is 4.52 Å². The van der Waals surface area contributed by atoms with E-state index in [9.17, 15) is 8.42 Å². The van der Waals surface area contributed by atoms with Gasteiger partial charge in [0.05, 0.1) is 5.92 Å². The van der Waals surface area contributed by atoms with E-state index in [0.717, 1.165) is 16.7 Å². The summed E-state index contributed by atoms with van der Waals surface area (Å²) in [5.74, 6) is 0.769. The first-order chi connectivity index (χ1) is 13.4. The summed E-state index contributed by atoms with van der Waals surface area (Å²) < 4.78 is 31.6. The summed E-state index contributed by atoms with van der Waals surface area (Å²) in [5, 5.41) is 5.80. The van der Waals surface area contributed by atoms with Gasteiger partial charge in [0.15, 0.2) is 0 Å². The number of aryl methyl sites for hydroxylation is 1. The van der Waals surface area contributed by atoms with Crippen LogP contribution in [0.25, 0.3) is 17.5 Å². The van der Waals surface area contributed by atoms with Crippen molar-refractivity contribution in [2.75, 3.05) is 13.1 Å². The molecule has 2 aromatic carbocycles. The number of halogens is 1. The highest BCUT2D eigenvalue weighted by molar-refractivity contribution is 7.92. The van der Waals surface area contributed by atoms with Gasteiger partial charge in [-0.05, 0) is 30.7 Å². The zero-order valence-electron chi connectivity index (χ0n) is 15.1. The molecule has 0 N–H and O–H groups in total. The number of nitrogens with zero attached hydrogens (tertiary/aromatic N) is 3. The highest BCUT2D eigenvalue weighted by Gasteiger charge is 2.38. The lowest BCUT2D eigenvalue weighted by Crippen LogP contribution is -2.47. The summed E-state index contributed by atoms with van der Waals surface area (Å²) in [4.78, 5) is 4.39. The van der Waals surface area contributed by atoms with Crippen LogP contribution in [0, 0.1) is 6.92 Å². The van der Waals surface area contributed by atoms with Crippen LogP contribution in [0.1, 0.15) is 22.9 Å². The molecule has 28 heavy (non-hydrogen) atoms. The third-order valence-electron chi connectivity index (χ3n) is 4.59. The summed E-state index contributed by atoms with van der Waals surface area (Å²) in [6, 6.07) is 14.8. The average molecular weight is 416 g/mol. The van der Waals surface area contributed by atoms with Crippen LogP contribution in [0.3, 0.4) is 0 Å². The van der Waals surface area contributed by atoms with E-state index >= 15 is 0 Å². The number of sulfonamides is 1. The van der Waals surface area contributed by atoms with Crippen LogP contribution in [0.15, 0.2) is 58.5 Å². The summed E-state index contributed by atoms with van der Waals surface area (Å²) in [6.07, 6.45) is 1.60. The van der Waals surface area contributed by atoms with Crippen molar-refractivity contribution >= 4 is 27.7 Å². The van der Waals surface area contributed by atoms with Gasteiger partial charge in [0.1, 0.15) is 0 Å². The van der Waals surface area contributed by atoms with E-state index in [0.29, 0.717) is 29.8 Å². The Kier molecular flexibility index (Phi) is 5.05. The minimum absolute atomic E-state index is 0.108. The second-order valence-corrected chi connectivity index (χ2v) is 8.99. The molecule has 0 spiro atoms. The normalized spacial score (nSPS) is 15.8. The van der Waals surface area contributed by atoms with E-state index in [4.69, 9.17) is 16.1 Å². The van der Waals surface area contributed by atoms with Crippen molar-refractivity contribution in [1.29, 1.82) is 0 Å². The maximum absolute atomic E-state index is 12.5. The van der Waals surface area contributed by atoms with Crippen molar-refractivity contribution < 1.29 is 12.9 Å². The first-order valence-corrected chi connectivity index (χ1v) is 10.6. The molecule has 0 aliphatic carbocycles. The van der Waals surface area contributed by atoms with Crippen molar-refractivity contribution in [3.63, 3.8) is 0 Å². The zero-order valence-corrected chi connectivity index (χ0v) is 16.7. The van der Waals surface area contributed by atoms with Crippen molar-refractivity contribution in [3.05, 3.63) is 76.0 Å². The predicted molar refractivity (Wildman–Crippen MR) is 108 cm³/mol. The Morgan fingerprint density at radius 1 is 1.18 bits per heavy atom. The molecule has 0 atom stereocenters. The van der Waals surface area contributed by atoms with Crippen LogP contribution in [0.2, 0.25) is 5.02 Å². The third kappa shape index (κ3) is 4.01. The lowest BCUT2D eigenvalue weighted by Gasteiger charge is -2.34. The number of aromatic nitrogens is 2. The van der Waals surface area contributed by atoms with Gasteiger partial charge in [0, 0.05) is 29.1 Å². The molecular weight excluding hydrogens is 398 g/mol. The summed E-state index contributed by atoms with van der Waals surface area (Å²) in [6.45, 7) is 2.62. The number of hydrogen-bond acceptors (Lipinski definition) is 5. The second kappa shape index (κ2) is 7.50. The molecule has 3 aromatic rings. The van der Waals surface area contributed by atoms with E-state index < -0.39 is 10.0 Å². The summed E-state index contributed by atoms with van der Waals surface area (Å²) in [7, 11) is -3.48. The summed E-state index contributed by atoms with van der Waals surface area (Å²) in [5.41, 5.74) is 2.73. The Morgan fingerprint density at radius 2 is 1.93 bits per heavy atom. The molecule has 2 heterocycles. The predicted octanol–water partition coefficient (Wildman–Crippen LogP) is 4.10. The Labute approximate surface area is 168 Å². The lowest BCUT2D eigenvalue weighted by molar-refractivity contribution is 0.219. The Morgan fingerprint density at radius 3 is 2.64 bits per heavy atom. The van der Waals surface area contributed by atoms with E-state index in [1.807, 2.05) is 43.3 Å². The molecule has 0 saturated carbocycles. The molecule has 1 fully saturated rings. The molecule has 1 saturated heterocycles. The molecule has 8 heteroatoms. The molecule has 144 valence electrons. The molecule has 4 rings (SSSR count). The van der Waals surface area contributed by atoms with Crippen molar-refractivity contribution in [2.45, 2.75) is 12.8 Å². The van der Waals surface area contributed by atoms with Gasteiger partial charge in [-0.1, -0.05) is 58.7 Å². The fraction of sp³-hybridized carbons (Fsp3) is 0.200. The van der Waals surface area contributed by atoms with Gasteiger partial charge in [0.2, 0.25) is 21.7 Å². The van der Waals surface area contributed by atoms with Crippen LogP contribution < -0.4 is 0 Å². The van der Waals surface area contributed by atoms with Crippen LogP contribution >= 0.6 is 11.6 Å². The zero-order chi connectivity index (χ0) is 19.7. The fourth-order valence-corrected chi connectivity index (χ4v) is 4.34. The molecular formula is C20H18ClN3O3S. The van der Waals surface area contributed by atoms with Gasteiger partial charge in [-0.15, -0.1) is 0 Å². The monoisotopic (exact) mass is 415 g/mol. The maximum Gasteiger partial charge on any atom is 0.236 e. The highest BCUT2D eigenvalue weighted by Crippen LogP contribution is 2.30. The molecule has 0 amide bonds. The van der Waals surface area contributed by atoms with Crippen molar-refractivity contribution in [2.24, 2.45) is 0 Å². The van der Waals surface area contributed by atoms with Crippen molar-refractivity contribution in [3.8, 4) is 11.4 Å². The smallest absolute Gasteiger partial charge is 0.236 e. The van der Waals surface area contributed by atoms with E-state index in [2.05, 4.69) is 10.1 Å². The third-order valence-corrected chi connectivity index (χ3v) is 6.32. The molecule has 0 unspecified atom stereocenters. The molecule has 1 aromatic heterocycles. The highest BCUT2D eigenvalue weighted by atomic mass is 35.5. The van der Waals surface area contributed by atoms with Gasteiger partial charge in [-0.3, -0.25) is 0 Å². The SMILES string of the molecule is Cc1ccc(C=CS(=O)(=O)N2CC(c3nc(-c4cccc(Cl)c4)no3)C2)cc1. The summed E-state index contributed by atoms with van der Waals surface area (Å²) >= 11 is 5.99. The van der Waals surface area contributed by atoms with Crippen LogP contribution in [0.4, 0.5) is 0 Å². The average Bonchev–Trinajstić information content (AvgIpc) is 3.09. The molecule has 1 aliphatic rings. The van der Waals surface area contributed by atoms with Gasteiger partial charge in [-0.2, -0.15) is 9.29 Å². The quantitative estimate of drug-likeness (QED) is 0.627. The Hall–Kier alpha value is -2.48. The standard InChI is InChI=1S/C20H18ClN3O3S/c1-14-5-7-15(8-6-14)9-10-28(25,26)24-12-17(13-24)20-22-19(23-27-20)16-3-2-4-18(21)11-16/h2-11,17H,12-13H2,1H3. The van der Waals surface area contributed by atoms with E-state index in [-0.39, 0.29) is 5.92 Å². The van der Waals surface area contributed by atoms with Crippen molar-refractivity contribution in [1.82, 2.24) is 14.4 Å². The Bertz CT molecular complexity index is 1120. The van der Waals surface area contributed by atoms with Crippen LogP contribution in [-0.2, 0) is 10.0 Å². The number of rotatable bonds is 5. The second-order valence-electron chi connectivity index (χ2n) is 6.74. The Balaban J connectivity index is 1.40. The number of benzene rings is 2. The minimum Gasteiger partial charge on any atom is -0.339 e. The fourth-order valence-electron chi connectivity index (χ4n) is 2.88. The van der Waals surface area contributed by atoms with Crippen LogP contribution in [0.5, 0.6) is 0 Å². The van der Waals surface area contributed by atoms with E-state index in [1.54, 1.807) is 18.2 Å². The minimum atomic E-state index is -3.48. The largest absolute Gasteiger partial charge is 0.339 e. The van der Waals surface area contributed by atoms with Gasteiger partial charge in [-0.25, -0.2) is 8.42 Å². The first-order valence-electron chi connectivity index (χ1n) is 8.75. The van der Waals surface area contributed by atoms with Gasteiger partial charge >= 0.3 is 0 Å². The first kappa shape index (κ1) is 18.9.